The van der Waals surface area contributed by atoms with Crippen molar-refractivity contribution in [3.63, 3.8) is 0 Å². The van der Waals surface area contributed by atoms with Crippen LogP contribution >= 0.6 is 0 Å². The van der Waals surface area contributed by atoms with Crippen molar-refractivity contribution in [1.82, 2.24) is 19.8 Å². The monoisotopic (exact) mass is 378 g/mol. The number of hydrogen-bond donors (Lipinski definition) is 1. The van der Waals surface area contributed by atoms with E-state index in [0.717, 1.165) is 49.9 Å². The lowest BCUT2D eigenvalue weighted by Crippen LogP contribution is -2.46. The Kier molecular flexibility index (Phi) is 4.74. The summed E-state index contributed by atoms with van der Waals surface area (Å²) in [5.74, 6) is 1.60. The summed E-state index contributed by atoms with van der Waals surface area (Å²) in [6.45, 7) is 4.46. The Balaban J connectivity index is 1.62. The van der Waals surface area contributed by atoms with Gasteiger partial charge in [-0.15, -0.1) is 0 Å². The summed E-state index contributed by atoms with van der Waals surface area (Å²) in [7, 11) is 0. The molecule has 0 spiro atoms. The van der Waals surface area contributed by atoms with Crippen molar-refractivity contribution >= 4 is 11.1 Å². The molecule has 28 heavy (non-hydrogen) atoms. The molecule has 1 aliphatic heterocycles. The van der Waals surface area contributed by atoms with Crippen molar-refractivity contribution in [3.8, 4) is 0 Å². The van der Waals surface area contributed by atoms with Gasteiger partial charge in [0, 0.05) is 26.2 Å². The van der Waals surface area contributed by atoms with E-state index in [4.69, 9.17) is 9.40 Å². The van der Waals surface area contributed by atoms with Gasteiger partial charge in [0.1, 0.15) is 11.2 Å². The van der Waals surface area contributed by atoms with Gasteiger partial charge >= 0.3 is 0 Å². The molecular formula is C22H26N4O2. The van der Waals surface area contributed by atoms with E-state index in [1.54, 1.807) is 12.3 Å². The molecule has 5 rings (SSSR count). The lowest BCUT2D eigenvalue weighted by Gasteiger charge is -2.35. The first kappa shape index (κ1) is 17.6. The molecule has 0 radical (unpaired) electrons. The number of nitrogens with zero attached hydrogens (tertiary/aromatic N) is 3. The van der Waals surface area contributed by atoms with Crippen LogP contribution in [0.2, 0.25) is 0 Å². The second-order valence-corrected chi connectivity index (χ2v) is 7.97. The predicted octanol–water partition coefficient (Wildman–Crippen LogP) is 2.78. The Hall–Kier alpha value is -2.44. The zero-order valence-electron chi connectivity index (χ0n) is 16.0. The van der Waals surface area contributed by atoms with Crippen LogP contribution in [0.15, 0.2) is 51.9 Å². The van der Waals surface area contributed by atoms with Gasteiger partial charge in [0.25, 0.3) is 5.56 Å². The number of fused-ring (bicyclic) bond motifs is 1. The van der Waals surface area contributed by atoms with E-state index < -0.39 is 0 Å². The molecule has 1 N–H and O–H groups in total. The van der Waals surface area contributed by atoms with Crippen molar-refractivity contribution in [2.24, 2.45) is 5.92 Å². The largest absolute Gasteiger partial charge is 0.446 e. The number of nitrogens with one attached hydrogen (secondary N) is 1. The fourth-order valence-corrected chi connectivity index (χ4v) is 4.22. The highest BCUT2D eigenvalue weighted by atomic mass is 16.3. The van der Waals surface area contributed by atoms with Gasteiger partial charge in [-0.05, 0) is 24.0 Å². The highest BCUT2D eigenvalue weighted by Gasteiger charge is 2.33. The average molecular weight is 378 g/mol. The maximum Gasteiger partial charge on any atom is 0.265 e. The minimum Gasteiger partial charge on any atom is -0.446 e. The predicted molar refractivity (Wildman–Crippen MR) is 108 cm³/mol. The van der Waals surface area contributed by atoms with Crippen LogP contribution < -0.4 is 10.9 Å². The van der Waals surface area contributed by atoms with Gasteiger partial charge in [-0.2, -0.15) is 4.98 Å². The lowest BCUT2D eigenvalue weighted by molar-refractivity contribution is 0.150. The summed E-state index contributed by atoms with van der Waals surface area (Å²) in [6.07, 6.45) is 5.20. The number of piperazine rings is 1. The molecule has 1 saturated carbocycles. The summed E-state index contributed by atoms with van der Waals surface area (Å²) in [6, 6.07) is 12.1. The number of rotatable bonds is 6. The van der Waals surface area contributed by atoms with Crippen LogP contribution in [0, 0.1) is 5.92 Å². The molecule has 1 aliphatic carbocycles. The van der Waals surface area contributed by atoms with E-state index in [1.807, 2.05) is 22.8 Å². The molecule has 3 aromatic rings. The molecule has 6 nitrogen and oxygen atoms in total. The normalized spacial score (nSPS) is 19.1. The first-order valence-electron chi connectivity index (χ1n) is 10.3. The van der Waals surface area contributed by atoms with Gasteiger partial charge in [0.05, 0.1) is 18.8 Å². The maximum atomic E-state index is 13.3. The fourth-order valence-electron chi connectivity index (χ4n) is 4.22. The van der Waals surface area contributed by atoms with Crippen molar-refractivity contribution in [3.05, 3.63) is 64.4 Å². The molecule has 0 amide bonds. The molecular weight excluding hydrogens is 352 g/mol. The Morgan fingerprint density at radius 3 is 2.68 bits per heavy atom. The fraction of sp³-hybridized carbons (Fsp3) is 0.455. The molecule has 1 atom stereocenters. The van der Waals surface area contributed by atoms with E-state index in [0.29, 0.717) is 17.6 Å². The summed E-state index contributed by atoms with van der Waals surface area (Å²) in [4.78, 5) is 20.7. The van der Waals surface area contributed by atoms with Gasteiger partial charge in [-0.3, -0.25) is 14.3 Å². The molecule has 0 bridgehead atoms. The van der Waals surface area contributed by atoms with E-state index in [9.17, 15) is 4.79 Å². The van der Waals surface area contributed by atoms with Crippen LogP contribution in [-0.4, -0.2) is 40.6 Å². The highest BCUT2D eigenvalue weighted by molar-refractivity contribution is 5.71. The van der Waals surface area contributed by atoms with E-state index in [1.165, 1.54) is 12.8 Å². The second kappa shape index (κ2) is 7.53. The summed E-state index contributed by atoms with van der Waals surface area (Å²) in [5, 5.41) is 3.99. The minimum absolute atomic E-state index is 0.00599. The average Bonchev–Trinajstić information content (AvgIpc) is 3.44. The van der Waals surface area contributed by atoms with Crippen LogP contribution in [0.4, 0.5) is 0 Å². The van der Waals surface area contributed by atoms with Crippen molar-refractivity contribution < 1.29 is 4.42 Å². The van der Waals surface area contributed by atoms with E-state index in [2.05, 4.69) is 22.3 Å². The third-order valence-electron chi connectivity index (χ3n) is 5.94. The van der Waals surface area contributed by atoms with Crippen LogP contribution in [0.5, 0.6) is 0 Å². The Labute approximate surface area is 164 Å². The van der Waals surface area contributed by atoms with Crippen molar-refractivity contribution in [2.75, 3.05) is 26.2 Å². The Morgan fingerprint density at radius 1 is 1.14 bits per heavy atom. The summed E-state index contributed by atoms with van der Waals surface area (Å²) >= 11 is 0. The van der Waals surface area contributed by atoms with Crippen LogP contribution in [0.25, 0.3) is 11.1 Å². The van der Waals surface area contributed by atoms with Crippen LogP contribution in [0.1, 0.15) is 36.7 Å². The number of benzene rings is 1. The number of aromatic nitrogens is 2. The number of hydrogen-bond acceptors (Lipinski definition) is 5. The second-order valence-electron chi connectivity index (χ2n) is 7.97. The molecule has 1 unspecified atom stereocenters. The topological polar surface area (TPSA) is 63.3 Å². The molecule has 2 fully saturated rings. The SMILES string of the molecule is O=c1c2ccoc2nc(C(CC2CC2)N2CCNCC2)n1Cc1ccccc1. The van der Waals surface area contributed by atoms with Gasteiger partial charge in [0.15, 0.2) is 0 Å². The van der Waals surface area contributed by atoms with E-state index in [-0.39, 0.29) is 11.6 Å². The zero-order chi connectivity index (χ0) is 18.9. The number of furan rings is 1. The highest BCUT2D eigenvalue weighted by Crippen LogP contribution is 2.39. The molecule has 1 aromatic carbocycles. The maximum absolute atomic E-state index is 13.3. The third-order valence-corrected chi connectivity index (χ3v) is 5.94. The molecule has 3 heterocycles. The van der Waals surface area contributed by atoms with Gasteiger partial charge in [0.2, 0.25) is 5.71 Å². The first-order valence-corrected chi connectivity index (χ1v) is 10.3. The molecule has 2 aromatic heterocycles. The summed E-state index contributed by atoms with van der Waals surface area (Å²) in [5.41, 5.74) is 1.56. The smallest absolute Gasteiger partial charge is 0.265 e. The quantitative estimate of drug-likeness (QED) is 0.715. The molecule has 146 valence electrons. The van der Waals surface area contributed by atoms with Crippen LogP contribution in [0.3, 0.4) is 0 Å². The minimum atomic E-state index is -0.00599. The van der Waals surface area contributed by atoms with Crippen LogP contribution in [-0.2, 0) is 6.54 Å². The van der Waals surface area contributed by atoms with Gasteiger partial charge in [-0.1, -0.05) is 43.2 Å². The summed E-state index contributed by atoms with van der Waals surface area (Å²) < 4.78 is 7.42. The third kappa shape index (κ3) is 3.50. The Morgan fingerprint density at radius 2 is 1.93 bits per heavy atom. The molecule has 6 heteroatoms. The van der Waals surface area contributed by atoms with Crippen molar-refractivity contribution in [1.29, 1.82) is 0 Å². The first-order chi connectivity index (χ1) is 13.8. The van der Waals surface area contributed by atoms with E-state index >= 15 is 0 Å². The molecule has 2 aliphatic rings. The Bertz CT molecular complexity index is 1000. The van der Waals surface area contributed by atoms with Crippen molar-refractivity contribution in [2.45, 2.75) is 31.8 Å². The van der Waals surface area contributed by atoms with Gasteiger partial charge < -0.3 is 9.73 Å². The zero-order valence-corrected chi connectivity index (χ0v) is 16.0. The van der Waals surface area contributed by atoms with Gasteiger partial charge in [-0.25, -0.2) is 0 Å². The lowest BCUT2D eigenvalue weighted by atomic mass is 10.1. The standard InChI is InChI=1S/C22H26N4O2/c27-22-18-8-13-28-21(18)24-20(26(22)15-17-4-2-1-3-5-17)19(14-16-6-7-16)25-11-9-23-10-12-25/h1-5,8,13,16,19,23H,6-7,9-12,14-15H2. The molecule has 1 saturated heterocycles.